The molecule has 1 atom stereocenters. The van der Waals surface area contributed by atoms with E-state index in [1.165, 1.54) is 15.9 Å². The van der Waals surface area contributed by atoms with Crippen molar-refractivity contribution in [1.82, 2.24) is 9.13 Å². The van der Waals surface area contributed by atoms with Crippen LogP contribution in [0.3, 0.4) is 0 Å². The van der Waals surface area contributed by atoms with Gasteiger partial charge in [0.15, 0.2) is 0 Å². The van der Waals surface area contributed by atoms with Crippen molar-refractivity contribution in [3.05, 3.63) is 31.3 Å². The van der Waals surface area contributed by atoms with Crippen molar-refractivity contribution in [2.75, 3.05) is 6.54 Å². The molecule has 0 bridgehead atoms. The molecule has 124 valence electrons. The first-order valence-electron chi connectivity index (χ1n) is 7.75. The van der Waals surface area contributed by atoms with Gasteiger partial charge in [-0.3, -0.25) is 13.9 Å². The number of aryl methyl sites for hydroxylation is 2. The molecule has 0 saturated carbocycles. The standard InChI is InChI=1S/C16H21N3O3S/c1-8(2)7-19-14(20)11-10(4)12(13-17-6-9(3)22-13)23-15(11)18(5)16(19)21/h8-9H,6-7H2,1-5H3/t9-/m1/s1. The fraction of sp³-hybridized carbons (Fsp3) is 0.562. The van der Waals surface area contributed by atoms with Crippen LogP contribution in [0.1, 0.15) is 31.2 Å². The van der Waals surface area contributed by atoms with E-state index in [1.54, 1.807) is 11.6 Å². The molecule has 3 heterocycles. The van der Waals surface area contributed by atoms with Crippen LogP contribution in [-0.2, 0) is 18.3 Å². The van der Waals surface area contributed by atoms with Crippen LogP contribution in [0, 0.1) is 12.8 Å². The summed E-state index contributed by atoms with van der Waals surface area (Å²) >= 11 is 1.40. The zero-order valence-electron chi connectivity index (χ0n) is 14.0. The van der Waals surface area contributed by atoms with E-state index in [0.717, 1.165) is 10.4 Å². The van der Waals surface area contributed by atoms with Gasteiger partial charge in [-0.2, -0.15) is 0 Å². The molecule has 3 rings (SSSR count). The Bertz CT molecular complexity index is 917. The molecule has 7 heteroatoms. The second-order valence-corrected chi connectivity index (χ2v) is 7.46. The van der Waals surface area contributed by atoms with Gasteiger partial charge in [0.2, 0.25) is 5.90 Å². The lowest BCUT2D eigenvalue weighted by Crippen LogP contribution is -2.39. The van der Waals surface area contributed by atoms with Gasteiger partial charge in [-0.05, 0) is 25.3 Å². The van der Waals surface area contributed by atoms with Crippen LogP contribution in [0.4, 0.5) is 0 Å². The second kappa shape index (κ2) is 5.63. The van der Waals surface area contributed by atoms with E-state index in [1.807, 2.05) is 27.7 Å². The van der Waals surface area contributed by atoms with E-state index < -0.39 is 0 Å². The van der Waals surface area contributed by atoms with Gasteiger partial charge in [-0.15, -0.1) is 11.3 Å². The van der Waals surface area contributed by atoms with Crippen LogP contribution in [0.25, 0.3) is 10.2 Å². The summed E-state index contributed by atoms with van der Waals surface area (Å²) in [4.78, 5) is 31.3. The normalized spacial score (nSPS) is 17.8. The van der Waals surface area contributed by atoms with E-state index in [0.29, 0.717) is 29.2 Å². The number of rotatable bonds is 3. The minimum atomic E-state index is -0.272. The number of hydrogen-bond acceptors (Lipinski definition) is 5. The van der Waals surface area contributed by atoms with Crippen LogP contribution < -0.4 is 11.2 Å². The molecule has 0 fully saturated rings. The van der Waals surface area contributed by atoms with Gasteiger partial charge >= 0.3 is 5.69 Å². The Morgan fingerprint density at radius 3 is 2.65 bits per heavy atom. The van der Waals surface area contributed by atoms with Gasteiger partial charge in [0.05, 0.1) is 16.8 Å². The lowest BCUT2D eigenvalue weighted by molar-refractivity contribution is 0.247. The summed E-state index contributed by atoms with van der Waals surface area (Å²) in [7, 11) is 1.71. The number of aromatic nitrogens is 2. The highest BCUT2D eigenvalue weighted by molar-refractivity contribution is 7.20. The summed E-state index contributed by atoms with van der Waals surface area (Å²) in [6, 6.07) is 0. The van der Waals surface area contributed by atoms with Crippen molar-refractivity contribution in [3.8, 4) is 0 Å². The summed E-state index contributed by atoms with van der Waals surface area (Å²) in [6.07, 6.45) is 0.0519. The van der Waals surface area contributed by atoms with E-state index in [9.17, 15) is 9.59 Å². The Labute approximate surface area is 138 Å². The predicted octanol–water partition coefficient (Wildman–Crippen LogP) is 1.89. The molecule has 0 spiro atoms. The quantitative estimate of drug-likeness (QED) is 0.860. The molecule has 6 nitrogen and oxygen atoms in total. The van der Waals surface area contributed by atoms with Crippen LogP contribution in [-0.4, -0.2) is 27.7 Å². The summed E-state index contributed by atoms with van der Waals surface area (Å²) in [5, 5.41) is 0.596. The molecule has 1 aliphatic rings. The first-order chi connectivity index (χ1) is 10.8. The van der Waals surface area contributed by atoms with Gasteiger partial charge < -0.3 is 4.74 Å². The molecular weight excluding hydrogens is 314 g/mol. The number of nitrogens with zero attached hydrogens (tertiary/aromatic N) is 3. The van der Waals surface area contributed by atoms with E-state index >= 15 is 0 Å². The summed E-state index contributed by atoms with van der Waals surface area (Å²) in [6.45, 7) is 8.88. The van der Waals surface area contributed by atoms with Crippen molar-refractivity contribution in [1.29, 1.82) is 0 Å². The average molecular weight is 335 g/mol. The average Bonchev–Trinajstić information content (AvgIpc) is 3.05. The van der Waals surface area contributed by atoms with Crippen molar-refractivity contribution >= 4 is 27.5 Å². The fourth-order valence-corrected chi connectivity index (χ4v) is 4.01. The van der Waals surface area contributed by atoms with Crippen LogP contribution in [0.15, 0.2) is 14.6 Å². The van der Waals surface area contributed by atoms with E-state index in [-0.39, 0.29) is 23.3 Å². The van der Waals surface area contributed by atoms with Crippen LogP contribution >= 0.6 is 11.3 Å². The molecule has 0 saturated heterocycles. The van der Waals surface area contributed by atoms with E-state index in [2.05, 4.69) is 4.99 Å². The number of aliphatic imine (C=N–C) groups is 1. The van der Waals surface area contributed by atoms with Gasteiger partial charge in [0.1, 0.15) is 10.9 Å². The van der Waals surface area contributed by atoms with Gasteiger partial charge in [-0.1, -0.05) is 13.8 Å². The third kappa shape index (κ3) is 2.52. The Kier molecular flexibility index (Phi) is 3.91. The monoisotopic (exact) mass is 335 g/mol. The minimum Gasteiger partial charge on any atom is -0.472 e. The SMILES string of the molecule is Cc1c(C2=NC[C@@H](C)O2)sc2c1c(=O)n(CC(C)C)c(=O)n2C. The van der Waals surface area contributed by atoms with Crippen molar-refractivity contribution in [2.45, 2.75) is 40.3 Å². The molecule has 23 heavy (non-hydrogen) atoms. The Morgan fingerprint density at radius 2 is 2.09 bits per heavy atom. The molecule has 2 aromatic heterocycles. The highest BCUT2D eigenvalue weighted by atomic mass is 32.1. The molecule has 0 radical (unpaired) electrons. The Morgan fingerprint density at radius 1 is 1.39 bits per heavy atom. The molecule has 0 aliphatic carbocycles. The number of ether oxygens (including phenoxy) is 1. The molecule has 0 N–H and O–H groups in total. The molecule has 0 unspecified atom stereocenters. The van der Waals surface area contributed by atoms with Gasteiger partial charge in [-0.25, -0.2) is 9.79 Å². The van der Waals surface area contributed by atoms with Crippen molar-refractivity contribution in [2.24, 2.45) is 18.0 Å². The second-order valence-electron chi connectivity index (χ2n) is 6.46. The number of hydrogen-bond donors (Lipinski definition) is 0. The van der Waals surface area contributed by atoms with E-state index in [4.69, 9.17) is 4.74 Å². The maximum atomic E-state index is 12.8. The molecule has 1 aliphatic heterocycles. The van der Waals surface area contributed by atoms with Crippen LogP contribution in [0.5, 0.6) is 0 Å². The Hall–Kier alpha value is -1.89. The smallest absolute Gasteiger partial charge is 0.331 e. The maximum Gasteiger partial charge on any atom is 0.331 e. The lowest BCUT2D eigenvalue weighted by Gasteiger charge is -2.10. The van der Waals surface area contributed by atoms with Crippen molar-refractivity contribution < 1.29 is 4.74 Å². The van der Waals surface area contributed by atoms with Crippen LogP contribution in [0.2, 0.25) is 0 Å². The largest absolute Gasteiger partial charge is 0.472 e. The Balaban J connectivity index is 2.29. The maximum absolute atomic E-state index is 12.8. The highest BCUT2D eigenvalue weighted by Gasteiger charge is 2.25. The minimum absolute atomic E-state index is 0.0519. The number of fused-ring (bicyclic) bond motifs is 1. The van der Waals surface area contributed by atoms with Crippen molar-refractivity contribution in [3.63, 3.8) is 0 Å². The molecular formula is C16H21N3O3S. The predicted molar refractivity (Wildman–Crippen MR) is 92.9 cm³/mol. The third-order valence-electron chi connectivity index (χ3n) is 3.96. The molecule has 0 aromatic carbocycles. The first-order valence-corrected chi connectivity index (χ1v) is 8.57. The summed E-state index contributed by atoms with van der Waals surface area (Å²) in [5.41, 5.74) is 0.353. The van der Waals surface area contributed by atoms with Gasteiger partial charge in [0.25, 0.3) is 5.56 Å². The zero-order chi connectivity index (χ0) is 16.9. The first kappa shape index (κ1) is 16.0. The lowest BCUT2D eigenvalue weighted by atomic mass is 10.2. The topological polar surface area (TPSA) is 65.6 Å². The fourth-order valence-electron chi connectivity index (χ4n) is 2.81. The third-order valence-corrected chi connectivity index (χ3v) is 5.31. The highest BCUT2D eigenvalue weighted by Crippen LogP contribution is 2.30. The number of thiophene rings is 1. The summed E-state index contributed by atoms with van der Waals surface area (Å²) < 4.78 is 8.61. The van der Waals surface area contributed by atoms with Gasteiger partial charge in [0, 0.05) is 13.6 Å². The zero-order valence-corrected chi connectivity index (χ0v) is 14.9. The molecule has 2 aromatic rings. The summed E-state index contributed by atoms with van der Waals surface area (Å²) in [5.74, 6) is 0.804. The molecule has 0 amide bonds.